The quantitative estimate of drug-likeness (QED) is 0.172. The topological polar surface area (TPSA) is 107 Å². The van der Waals surface area contributed by atoms with E-state index in [9.17, 15) is 14.2 Å². The van der Waals surface area contributed by atoms with E-state index in [1.54, 1.807) is 33.1 Å². The van der Waals surface area contributed by atoms with E-state index in [4.69, 9.17) is 27.8 Å². The van der Waals surface area contributed by atoms with Gasteiger partial charge in [-0.3, -0.25) is 23.2 Å². The summed E-state index contributed by atoms with van der Waals surface area (Å²) in [7, 11) is -2.15. The fourth-order valence-corrected chi connectivity index (χ4v) is 5.55. The summed E-state index contributed by atoms with van der Waals surface area (Å²) in [6.07, 6.45) is -0.0616. The lowest BCUT2D eigenvalue weighted by atomic mass is 10.1. The predicted molar refractivity (Wildman–Crippen MR) is 135 cm³/mol. The molecule has 0 spiro atoms. The van der Waals surface area contributed by atoms with Gasteiger partial charge in [-0.15, -0.1) is 0 Å². The van der Waals surface area contributed by atoms with Crippen LogP contribution in [0.3, 0.4) is 0 Å². The minimum atomic E-state index is -3.72. The minimum absolute atomic E-state index is 0.0104. The number of ether oxygens (including phenoxy) is 3. The van der Waals surface area contributed by atoms with Gasteiger partial charge < -0.3 is 14.2 Å². The zero-order valence-corrected chi connectivity index (χ0v) is 22.3. The zero-order valence-electron chi connectivity index (χ0n) is 20.5. The molecule has 2 aromatic carbocycles. The van der Waals surface area contributed by atoms with Gasteiger partial charge in [0.1, 0.15) is 24.2 Å². The number of benzene rings is 2. The molecule has 2 unspecified atom stereocenters. The molecule has 11 heteroatoms. The number of Topliss-reactive ketones (excluding diaryl/α,β-unsaturated/α-hetero) is 1. The summed E-state index contributed by atoms with van der Waals surface area (Å²) in [5, 5.41) is -0.393. The predicted octanol–water partition coefficient (Wildman–Crippen LogP) is 5.13. The third-order valence-corrected chi connectivity index (χ3v) is 7.91. The van der Waals surface area contributed by atoms with Gasteiger partial charge in [-0.2, -0.15) is 0 Å². The first-order chi connectivity index (χ1) is 17.4. The molecule has 1 saturated heterocycles. The van der Waals surface area contributed by atoms with Gasteiger partial charge in [0, 0.05) is 0 Å². The van der Waals surface area contributed by atoms with E-state index in [1.165, 1.54) is 0 Å². The smallest absolute Gasteiger partial charge is 0.476 e. The van der Waals surface area contributed by atoms with E-state index in [-0.39, 0.29) is 49.2 Å². The van der Waals surface area contributed by atoms with Gasteiger partial charge in [0.05, 0.1) is 32.0 Å². The van der Waals surface area contributed by atoms with E-state index in [2.05, 4.69) is 0 Å². The average molecular weight is 539 g/mol. The van der Waals surface area contributed by atoms with Crippen LogP contribution in [-0.4, -0.2) is 49.9 Å². The molecule has 1 fully saturated rings. The van der Waals surface area contributed by atoms with Crippen molar-refractivity contribution in [1.82, 2.24) is 0 Å². The van der Waals surface area contributed by atoms with Crippen LogP contribution in [0.5, 0.6) is 11.5 Å². The largest absolute Gasteiger partial charge is 0.497 e. The summed E-state index contributed by atoms with van der Waals surface area (Å²) in [5.41, 5.74) is 1.72. The van der Waals surface area contributed by atoms with Crippen LogP contribution in [0.15, 0.2) is 48.5 Å². The van der Waals surface area contributed by atoms with Crippen molar-refractivity contribution in [1.29, 1.82) is 0 Å². The van der Waals surface area contributed by atoms with Gasteiger partial charge in [0.2, 0.25) is 0 Å². The number of methoxy groups -OCH3 is 1. The summed E-state index contributed by atoms with van der Waals surface area (Å²) < 4.78 is 45.3. The fraction of sp³-hybridized carbons (Fsp3) is 0.440. The van der Waals surface area contributed by atoms with Crippen molar-refractivity contribution in [2.24, 2.45) is 0 Å². The van der Waals surface area contributed by atoms with Crippen molar-refractivity contribution in [3.8, 4) is 11.5 Å². The summed E-state index contributed by atoms with van der Waals surface area (Å²) in [6, 6.07) is 14.7. The molecule has 196 valence electrons. The molecular weight excluding hydrogens is 507 g/mol. The van der Waals surface area contributed by atoms with E-state index in [0.29, 0.717) is 17.9 Å². The van der Waals surface area contributed by atoms with Crippen molar-refractivity contribution in [2.45, 2.75) is 38.0 Å². The van der Waals surface area contributed by atoms with Crippen molar-refractivity contribution in [2.75, 3.05) is 33.7 Å². The monoisotopic (exact) mass is 538 g/mol. The van der Waals surface area contributed by atoms with Crippen LogP contribution in [0.25, 0.3) is 0 Å². The zero-order chi connectivity index (χ0) is 26.0. The van der Waals surface area contributed by atoms with Gasteiger partial charge in [-0.1, -0.05) is 36.0 Å². The van der Waals surface area contributed by atoms with Crippen LogP contribution in [-0.2, 0) is 38.9 Å². The number of hydrogen-bond acceptors (Lipinski definition) is 10. The lowest BCUT2D eigenvalue weighted by Gasteiger charge is -2.21. The van der Waals surface area contributed by atoms with Crippen LogP contribution in [0.4, 0.5) is 0 Å². The molecule has 0 saturated carbocycles. The molecule has 0 amide bonds. The molecule has 1 aliphatic heterocycles. The maximum Gasteiger partial charge on any atom is 0.476 e. The number of phosphoric ester groups is 1. The van der Waals surface area contributed by atoms with Gasteiger partial charge in [-0.05, 0) is 55.7 Å². The van der Waals surface area contributed by atoms with E-state index < -0.39 is 13.9 Å². The number of phosphoric acid groups is 1. The number of ketones is 1. The third-order valence-electron chi connectivity index (χ3n) is 5.22. The lowest BCUT2D eigenvalue weighted by molar-refractivity contribution is -0.121. The molecular formula is C25H31O9PS. The Balaban J connectivity index is 1.63. The normalized spacial score (nSPS) is 16.8. The molecule has 36 heavy (non-hydrogen) atoms. The molecule has 0 radical (unpaired) electrons. The van der Waals surface area contributed by atoms with Gasteiger partial charge in [0.15, 0.2) is 17.7 Å². The number of carbonyl (C=O) groups excluding carboxylic acids is 2. The Kier molecular flexibility index (Phi) is 11.0. The van der Waals surface area contributed by atoms with Crippen molar-refractivity contribution in [3.63, 3.8) is 0 Å². The summed E-state index contributed by atoms with van der Waals surface area (Å²) in [5.74, 6) is 1.23. The molecule has 0 aliphatic carbocycles. The third kappa shape index (κ3) is 8.44. The molecule has 0 aromatic heterocycles. The van der Waals surface area contributed by atoms with Gasteiger partial charge >= 0.3 is 7.82 Å². The van der Waals surface area contributed by atoms with Crippen molar-refractivity contribution < 1.29 is 41.9 Å². The average Bonchev–Trinajstić information content (AvgIpc) is 3.18. The number of rotatable bonds is 15. The van der Waals surface area contributed by atoms with E-state index >= 15 is 0 Å². The molecule has 1 heterocycles. The second-order valence-corrected chi connectivity index (χ2v) is 10.7. The second-order valence-electron chi connectivity index (χ2n) is 7.74. The first-order valence-electron chi connectivity index (χ1n) is 11.6. The molecule has 2 aromatic rings. The Morgan fingerprint density at radius 3 is 2.33 bits per heavy atom. The number of thioether (sulfide) groups is 1. The Bertz CT molecular complexity index is 1050. The first-order valence-corrected chi connectivity index (χ1v) is 13.9. The Morgan fingerprint density at radius 2 is 1.72 bits per heavy atom. The maximum atomic E-state index is 12.6. The fourth-order valence-electron chi connectivity index (χ4n) is 3.47. The molecule has 3 rings (SSSR count). The molecule has 2 atom stereocenters. The van der Waals surface area contributed by atoms with Gasteiger partial charge in [-0.25, -0.2) is 4.57 Å². The SMILES string of the molecule is CCOP(=O)(OCC)OCOC(COc1ccc(CC2SC(=O)CC2=O)cc1)c1cccc(OC)c1. The summed E-state index contributed by atoms with van der Waals surface area (Å²) in [4.78, 5) is 23.4. The van der Waals surface area contributed by atoms with Crippen LogP contribution >= 0.6 is 19.6 Å². The first kappa shape index (κ1) is 28.4. The molecule has 1 aliphatic rings. The van der Waals surface area contributed by atoms with Gasteiger partial charge in [0.25, 0.3) is 0 Å². The lowest BCUT2D eigenvalue weighted by Crippen LogP contribution is -2.16. The summed E-state index contributed by atoms with van der Waals surface area (Å²) >= 11 is 1.11. The molecule has 9 nitrogen and oxygen atoms in total. The van der Waals surface area contributed by atoms with Crippen LogP contribution in [0.1, 0.15) is 37.5 Å². The highest BCUT2D eigenvalue weighted by atomic mass is 32.2. The molecule has 0 N–H and O–H groups in total. The maximum absolute atomic E-state index is 12.6. The number of carbonyl (C=O) groups is 2. The highest BCUT2D eigenvalue weighted by Crippen LogP contribution is 2.49. The van der Waals surface area contributed by atoms with E-state index in [0.717, 1.165) is 22.9 Å². The Morgan fingerprint density at radius 1 is 1.00 bits per heavy atom. The molecule has 0 bridgehead atoms. The second kappa shape index (κ2) is 13.9. The van der Waals surface area contributed by atoms with Crippen LogP contribution in [0, 0.1) is 0 Å². The van der Waals surface area contributed by atoms with Crippen LogP contribution < -0.4 is 9.47 Å². The Hall–Kier alpha value is -2.20. The highest BCUT2D eigenvalue weighted by Gasteiger charge is 2.31. The highest BCUT2D eigenvalue weighted by molar-refractivity contribution is 8.15. The number of hydrogen-bond donors (Lipinski definition) is 0. The van der Waals surface area contributed by atoms with Crippen molar-refractivity contribution >= 4 is 30.5 Å². The van der Waals surface area contributed by atoms with E-state index in [1.807, 2.05) is 36.4 Å². The summed E-state index contributed by atoms with van der Waals surface area (Å²) in [6.45, 7) is 3.51. The van der Waals surface area contributed by atoms with Crippen molar-refractivity contribution in [3.05, 3.63) is 59.7 Å². The standard InChI is InChI=1S/C25H31O9PS/c1-4-32-35(28,33-5-2)34-17-31-23(19-7-6-8-21(14-19)29-3)16-30-20-11-9-18(10-12-20)13-24-22(26)15-25(27)36-24/h6-12,14,23-24H,4-5,13,15-17H2,1-3H3. The van der Waals surface area contributed by atoms with Crippen LogP contribution in [0.2, 0.25) is 0 Å². The Labute approximate surface area is 215 Å². The minimum Gasteiger partial charge on any atom is -0.497 e.